The number of hydrogen-bond donors (Lipinski definition) is 0. The molecule has 0 bridgehead atoms. The van der Waals surface area contributed by atoms with Crippen molar-refractivity contribution in [2.45, 2.75) is 11.4 Å². The van der Waals surface area contributed by atoms with Gasteiger partial charge in [-0.25, -0.2) is 8.42 Å². The van der Waals surface area contributed by atoms with Crippen LogP contribution in [0.2, 0.25) is 5.02 Å². The molecule has 0 fully saturated rings. The zero-order valence-corrected chi connectivity index (χ0v) is 19.7. The lowest BCUT2D eigenvalue weighted by Crippen LogP contribution is -2.30. The van der Waals surface area contributed by atoms with Gasteiger partial charge in [-0.2, -0.15) is 9.78 Å². The number of benzene rings is 3. The standard InChI is InChI=1S/C25H22ClN3O3S/c1-28(17-18-7-4-3-5-8-18)24-23(19-11-13-22(14-12-19)33(2,31)32)16-27-29(25(24)30)21-10-6-9-20(26)15-21/h3-16H,17H2,1-2H3. The number of aromatic nitrogens is 2. The molecule has 0 aliphatic heterocycles. The van der Waals surface area contributed by atoms with Crippen molar-refractivity contribution in [2.75, 3.05) is 18.2 Å². The summed E-state index contributed by atoms with van der Waals surface area (Å²) < 4.78 is 25.0. The first kappa shape index (κ1) is 22.8. The van der Waals surface area contributed by atoms with Crippen LogP contribution in [0.5, 0.6) is 0 Å². The number of nitrogens with zero attached hydrogens (tertiary/aromatic N) is 3. The van der Waals surface area contributed by atoms with Gasteiger partial charge in [0.05, 0.1) is 16.8 Å². The lowest BCUT2D eigenvalue weighted by Gasteiger charge is -2.23. The van der Waals surface area contributed by atoms with Gasteiger partial charge in [0.25, 0.3) is 5.56 Å². The maximum atomic E-state index is 13.7. The highest BCUT2D eigenvalue weighted by molar-refractivity contribution is 7.90. The van der Waals surface area contributed by atoms with Crippen LogP contribution in [0.3, 0.4) is 0 Å². The van der Waals surface area contributed by atoms with Gasteiger partial charge in [-0.05, 0) is 41.5 Å². The minimum atomic E-state index is -3.33. The smallest absolute Gasteiger partial charge is 0.295 e. The zero-order valence-electron chi connectivity index (χ0n) is 18.1. The lowest BCUT2D eigenvalue weighted by molar-refractivity contribution is 0.602. The van der Waals surface area contributed by atoms with E-state index in [-0.39, 0.29) is 10.5 Å². The van der Waals surface area contributed by atoms with Crippen LogP contribution in [0.1, 0.15) is 5.56 Å². The summed E-state index contributed by atoms with van der Waals surface area (Å²) in [4.78, 5) is 15.7. The number of anilines is 1. The van der Waals surface area contributed by atoms with Gasteiger partial charge in [-0.1, -0.05) is 60.1 Å². The molecule has 0 atom stereocenters. The summed E-state index contributed by atoms with van der Waals surface area (Å²) >= 11 is 6.13. The van der Waals surface area contributed by atoms with E-state index < -0.39 is 9.84 Å². The van der Waals surface area contributed by atoms with E-state index in [0.717, 1.165) is 11.8 Å². The Bertz CT molecular complexity index is 1450. The zero-order chi connectivity index (χ0) is 23.6. The van der Waals surface area contributed by atoms with E-state index in [1.54, 1.807) is 42.6 Å². The van der Waals surface area contributed by atoms with Crippen molar-refractivity contribution >= 4 is 27.1 Å². The molecule has 0 aliphatic carbocycles. The summed E-state index contributed by atoms with van der Waals surface area (Å²) in [6, 6.07) is 23.2. The highest BCUT2D eigenvalue weighted by Crippen LogP contribution is 2.29. The molecule has 3 aromatic carbocycles. The van der Waals surface area contributed by atoms with Crippen molar-refractivity contribution in [3.8, 4) is 16.8 Å². The number of rotatable bonds is 6. The second kappa shape index (κ2) is 9.21. The number of sulfone groups is 1. The van der Waals surface area contributed by atoms with Gasteiger partial charge >= 0.3 is 0 Å². The first-order chi connectivity index (χ1) is 15.7. The Labute approximate surface area is 197 Å². The Hall–Kier alpha value is -3.42. The number of hydrogen-bond acceptors (Lipinski definition) is 5. The van der Waals surface area contributed by atoms with E-state index in [1.807, 2.05) is 42.3 Å². The Morgan fingerprint density at radius 3 is 2.30 bits per heavy atom. The minimum absolute atomic E-state index is 0.214. The Morgan fingerprint density at radius 2 is 1.67 bits per heavy atom. The van der Waals surface area contributed by atoms with Crippen molar-refractivity contribution < 1.29 is 8.42 Å². The fourth-order valence-corrected chi connectivity index (χ4v) is 4.45. The molecular weight excluding hydrogens is 458 g/mol. The van der Waals surface area contributed by atoms with Crippen molar-refractivity contribution in [1.82, 2.24) is 9.78 Å². The van der Waals surface area contributed by atoms with Crippen LogP contribution in [0.4, 0.5) is 5.69 Å². The van der Waals surface area contributed by atoms with Crippen LogP contribution in [-0.2, 0) is 16.4 Å². The number of halogens is 1. The molecule has 0 saturated heterocycles. The fourth-order valence-electron chi connectivity index (χ4n) is 3.63. The summed E-state index contributed by atoms with van der Waals surface area (Å²) in [5.41, 5.74) is 3.04. The molecule has 4 rings (SSSR count). The van der Waals surface area contributed by atoms with E-state index in [1.165, 1.54) is 16.8 Å². The molecule has 0 unspecified atom stereocenters. The van der Waals surface area contributed by atoms with Crippen LogP contribution >= 0.6 is 11.6 Å². The molecular formula is C25H22ClN3O3S. The van der Waals surface area contributed by atoms with Gasteiger partial charge in [0.1, 0.15) is 5.69 Å². The Balaban J connectivity index is 1.87. The molecule has 33 heavy (non-hydrogen) atoms. The van der Waals surface area contributed by atoms with Crippen LogP contribution in [0.25, 0.3) is 16.8 Å². The maximum absolute atomic E-state index is 13.7. The maximum Gasteiger partial charge on any atom is 0.295 e. The van der Waals surface area contributed by atoms with Gasteiger partial charge in [0.15, 0.2) is 9.84 Å². The Kier molecular flexibility index (Phi) is 6.35. The lowest BCUT2D eigenvalue weighted by atomic mass is 10.1. The summed E-state index contributed by atoms with van der Waals surface area (Å²) in [5, 5.41) is 4.89. The van der Waals surface area contributed by atoms with Crippen molar-refractivity contribution in [2.24, 2.45) is 0 Å². The highest BCUT2D eigenvalue weighted by atomic mass is 35.5. The molecule has 8 heteroatoms. The molecule has 6 nitrogen and oxygen atoms in total. The molecule has 0 N–H and O–H groups in total. The molecule has 1 aromatic heterocycles. The summed E-state index contributed by atoms with van der Waals surface area (Å²) in [5.74, 6) is 0. The van der Waals surface area contributed by atoms with Crippen molar-refractivity contribution in [3.05, 3.63) is 106 Å². The molecule has 0 aliphatic rings. The second-order valence-electron chi connectivity index (χ2n) is 7.74. The van der Waals surface area contributed by atoms with Crippen LogP contribution in [0, 0.1) is 0 Å². The average molecular weight is 480 g/mol. The van der Waals surface area contributed by atoms with E-state index in [9.17, 15) is 13.2 Å². The summed E-state index contributed by atoms with van der Waals surface area (Å²) in [6.07, 6.45) is 2.78. The molecule has 4 aromatic rings. The molecule has 0 amide bonds. The monoisotopic (exact) mass is 479 g/mol. The first-order valence-electron chi connectivity index (χ1n) is 10.2. The quantitative estimate of drug-likeness (QED) is 0.404. The normalized spacial score (nSPS) is 11.4. The predicted molar refractivity (Wildman–Crippen MR) is 132 cm³/mol. The topological polar surface area (TPSA) is 72.3 Å². The average Bonchev–Trinajstić information content (AvgIpc) is 2.79. The van der Waals surface area contributed by atoms with E-state index >= 15 is 0 Å². The van der Waals surface area contributed by atoms with Crippen molar-refractivity contribution in [3.63, 3.8) is 0 Å². The highest BCUT2D eigenvalue weighted by Gasteiger charge is 2.19. The van der Waals surface area contributed by atoms with Gasteiger partial charge in [0.2, 0.25) is 0 Å². The van der Waals surface area contributed by atoms with Gasteiger partial charge < -0.3 is 4.90 Å². The summed E-state index contributed by atoms with van der Waals surface area (Å²) in [7, 11) is -1.48. The Morgan fingerprint density at radius 1 is 0.970 bits per heavy atom. The van der Waals surface area contributed by atoms with E-state index in [2.05, 4.69) is 5.10 Å². The SMILES string of the molecule is CN(Cc1ccccc1)c1c(-c2ccc(S(C)(=O)=O)cc2)cnn(-c2cccc(Cl)c2)c1=O. The predicted octanol–water partition coefficient (Wildman–Crippen LogP) is 4.59. The molecule has 0 radical (unpaired) electrons. The molecule has 0 spiro atoms. The third-order valence-corrected chi connectivity index (χ3v) is 6.61. The van der Waals surface area contributed by atoms with Gasteiger partial charge in [-0.15, -0.1) is 0 Å². The first-order valence-corrected chi connectivity index (χ1v) is 12.4. The van der Waals surface area contributed by atoms with Crippen LogP contribution in [-0.4, -0.2) is 31.5 Å². The molecule has 0 saturated carbocycles. The largest absolute Gasteiger partial charge is 0.365 e. The molecule has 1 heterocycles. The third-order valence-electron chi connectivity index (χ3n) is 5.24. The molecule has 168 valence electrons. The second-order valence-corrected chi connectivity index (χ2v) is 10.2. The van der Waals surface area contributed by atoms with E-state index in [4.69, 9.17) is 11.6 Å². The minimum Gasteiger partial charge on any atom is -0.365 e. The van der Waals surface area contributed by atoms with E-state index in [0.29, 0.717) is 34.1 Å². The van der Waals surface area contributed by atoms with Crippen LogP contribution in [0.15, 0.2) is 94.7 Å². The van der Waals surface area contributed by atoms with Crippen LogP contribution < -0.4 is 10.5 Å². The van der Waals surface area contributed by atoms with Gasteiger partial charge in [-0.3, -0.25) is 4.79 Å². The third kappa shape index (κ3) is 4.99. The fraction of sp³-hybridized carbons (Fsp3) is 0.120. The summed E-state index contributed by atoms with van der Waals surface area (Å²) in [6.45, 7) is 0.504. The van der Waals surface area contributed by atoms with Crippen molar-refractivity contribution in [1.29, 1.82) is 0 Å². The van der Waals surface area contributed by atoms with Gasteiger partial charge in [0, 0.05) is 30.4 Å².